The van der Waals surface area contributed by atoms with Crippen LogP contribution in [0.15, 0.2) is 48.5 Å². The third kappa shape index (κ3) is 22.7. The molecule has 272 valence electrons. The first-order chi connectivity index (χ1) is 23.7. The predicted molar refractivity (Wildman–Crippen MR) is 214 cm³/mol. The van der Waals surface area contributed by atoms with E-state index < -0.39 is 0 Å². The van der Waals surface area contributed by atoms with Crippen LogP contribution in [0.4, 0.5) is 0 Å². The first-order valence-corrected chi connectivity index (χ1v) is 21.5. The van der Waals surface area contributed by atoms with Gasteiger partial charge in [0, 0.05) is 11.1 Å². The normalized spacial score (nSPS) is 11.4. The minimum absolute atomic E-state index is 0.145. The number of rotatable bonds is 34. The Morgan fingerprint density at radius 3 is 0.750 bits per heavy atom. The number of aryl methyl sites for hydroxylation is 2. The van der Waals surface area contributed by atoms with Crippen LogP contribution in [0.5, 0.6) is 0 Å². The first-order valence-electron chi connectivity index (χ1n) is 21.5. The van der Waals surface area contributed by atoms with Crippen molar-refractivity contribution >= 4 is 5.78 Å². The Morgan fingerprint density at radius 2 is 0.521 bits per heavy atom. The maximum Gasteiger partial charge on any atom is 0.193 e. The summed E-state index contributed by atoms with van der Waals surface area (Å²) in [6, 6.07) is 16.8. The Kier molecular flexibility index (Phi) is 27.4. The molecule has 0 aliphatic carbocycles. The molecule has 0 saturated heterocycles. The van der Waals surface area contributed by atoms with Crippen LogP contribution in [0.25, 0.3) is 0 Å². The molecule has 1 nitrogen and oxygen atoms in total. The topological polar surface area (TPSA) is 17.1 Å². The highest BCUT2D eigenvalue weighted by Crippen LogP contribution is 2.18. The van der Waals surface area contributed by atoms with E-state index in [4.69, 9.17) is 0 Å². The van der Waals surface area contributed by atoms with Crippen molar-refractivity contribution in [1.82, 2.24) is 0 Å². The molecule has 0 N–H and O–H groups in total. The lowest BCUT2D eigenvalue weighted by atomic mass is 9.98. The molecule has 0 aromatic heterocycles. The Morgan fingerprint density at radius 1 is 0.312 bits per heavy atom. The Balaban J connectivity index is 1.44. The zero-order valence-electron chi connectivity index (χ0n) is 32.2. The molecule has 2 aromatic carbocycles. The summed E-state index contributed by atoms with van der Waals surface area (Å²) >= 11 is 0. The molecule has 0 aliphatic heterocycles. The van der Waals surface area contributed by atoms with Gasteiger partial charge in [-0.05, 0) is 36.8 Å². The molecule has 0 heterocycles. The van der Waals surface area contributed by atoms with Crippen LogP contribution in [0.1, 0.15) is 234 Å². The van der Waals surface area contributed by atoms with Crippen LogP contribution in [0.3, 0.4) is 0 Å². The van der Waals surface area contributed by atoms with Gasteiger partial charge in [0.15, 0.2) is 5.78 Å². The van der Waals surface area contributed by atoms with Crippen molar-refractivity contribution in [2.24, 2.45) is 0 Å². The SMILES string of the molecule is CCCCCCCCCCCCCCCCCc1ccc(C(=O)c2ccc(CCCCCCCCCCCCCCCCC)cc2)cc1. The van der Waals surface area contributed by atoms with Crippen molar-refractivity contribution < 1.29 is 4.79 Å². The molecule has 0 radical (unpaired) electrons. The minimum atomic E-state index is 0.145. The van der Waals surface area contributed by atoms with E-state index in [1.807, 2.05) is 24.3 Å². The Bertz CT molecular complexity index is 892. The van der Waals surface area contributed by atoms with E-state index in [0.717, 1.165) is 24.0 Å². The molecule has 2 aromatic rings. The highest BCUT2D eigenvalue weighted by atomic mass is 16.1. The average molecular weight is 659 g/mol. The highest BCUT2D eigenvalue weighted by molar-refractivity contribution is 6.09. The molecule has 2 rings (SSSR count). The molecule has 0 unspecified atom stereocenters. The quantitative estimate of drug-likeness (QED) is 0.0540. The number of hydrogen-bond acceptors (Lipinski definition) is 1. The van der Waals surface area contributed by atoms with Crippen LogP contribution in [0.2, 0.25) is 0 Å². The van der Waals surface area contributed by atoms with Gasteiger partial charge in [-0.1, -0.05) is 242 Å². The molecule has 1 heteroatoms. The molecule has 0 atom stereocenters. The molecule has 0 spiro atoms. The summed E-state index contributed by atoms with van der Waals surface area (Å²) in [6.45, 7) is 4.59. The predicted octanol–water partition coefficient (Wildman–Crippen LogP) is 15.7. The van der Waals surface area contributed by atoms with E-state index in [1.165, 1.54) is 204 Å². The summed E-state index contributed by atoms with van der Waals surface area (Å²) in [5.41, 5.74) is 4.34. The fourth-order valence-electron chi connectivity index (χ4n) is 7.21. The lowest BCUT2D eigenvalue weighted by Crippen LogP contribution is -2.02. The van der Waals surface area contributed by atoms with Crippen molar-refractivity contribution in [2.45, 2.75) is 219 Å². The Labute approximate surface area is 299 Å². The van der Waals surface area contributed by atoms with E-state index >= 15 is 0 Å². The van der Waals surface area contributed by atoms with Gasteiger partial charge in [0.25, 0.3) is 0 Å². The maximum atomic E-state index is 13.1. The standard InChI is InChI=1S/C47H78O/c1-3-5-7-9-11-13-15-17-19-21-23-25-27-29-31-33-43-35-39-45(40-36-43)47(48)46-41-37-44(38-42-46)34-32-30-28-26-24-22-20-18-16-14-12-10-8-6-4-2/h35-42H,3-34H2,1-2H3. The first kappa shape index (κ1) is 42.3. The van der Waals surface area contributed by atoms with Crippen LogP contribution in [0, 0.1) is 0 Å². The average Bonchev–Trinajstić information content (AvgIpc) is 3.12. The van der Waals surface area contributed by atoms with E-state index in [0.29, 0.717) is 0 Å². The molecule has 48 heavy (non-hydrogen) atoms. The van der Waals surface area contributed by atoms with Crippen molar-refractivity contribution in [3.05, 3.63) is 70.8 Å². The largest absolute Gasteiger partial charge is 0.289 e. The van der Waals surface area contributed by atoms with Crippen molar-refractivity contribution in [3.8, 4) is 0 Å². The fourth-order valence-corrected chi connectivity index (χ4v) is 7.21. The fraction of sp³-hybridized carbons (Fsp3) is 0.723. The van der Waals surface area contributed by atoms with Crippen molar-refractivity contribution in [3.63, 3.8) is 0 Å². The van der Waals surface area contributed by atoms with Gasteiger partial charge in [-0.2, -0.15) is 0 Å². The molecule has 0 amide bonds. The lowest BCUT2D eigenvalue weighted by Gasteiger charge is -2.07. The monoisotopic (exact) mass is 659 g/mol. The zero-order valence-corrected chi connectivity index (χ0v) is 32.2. The van der Waals surface area contributed by atoms with E-state index in [-0.39, 0.29) is 5.78 Å². The second-order valence-electron chi connectivity index (χ2n) is 15.1. The molecule has 0 bridgehead atoms. The summed E-state index contributed by atoms with van der Waals surface area (Å²) in [7, 11) is 0. The molecule has 0 fully saturated rings. The number of unbranched alkanes of at least 4 members (excludes halogenated alkanes) is 28. The molecule has 0 aliphatic rings. The van der Waals surface area contributed by atoms with E-state index in [9.17, 15) is 4.79 Å². The number of carbonyl (C=O) groups excluding carboxylic acids is 1. The van der Waals surface area contributed by atoms with Crippen LogP contribution >= 0.6 is 0 Å². The van der Waals surface area contributed by atoms with Gasteiger partial charge in [-0.15, -0.1) is 0 Å². The van der Waals surface area contributed by atoms with Crippen LogP contribution < -0.4 is 0 Å². The smallest absolute Gasteiger partial charge is 0.193 e. The molecular formula is C47H78O. The van der Waals surface area contributed by atoms with Crippen molar-refractivity contribution in [1.29, 1.82) is 0 Å². The summed E-state index contributed by atoms with van der Waals surface area (Å²) in [5, 5.41) is 0. The van der Waals surface area contributed by atoms with Crippen molar-refractivity contribution in [2.75, 3.05) is 0 Å². The van der Waals surface area contributed by atoms with Gasteiger partial charge in [0.05, 0.1) is 0 Å². The number of hydrogen-bond donors (Lipinski definition) is 0. The number of ketones is 1. The second kappa shape index (κ2) is 31.1. The minimum Gasteiger partial charge on any atom is -0.289 e. The summed E-state index contributed by atoms with van der Waals surface area (Å²) in [5.74, 6) is 0.145. The second-order valence-corrected chi connectivity index (χ2v) is 15.1. The molecular weight excluding hydrogens is 581 g/mol. The van der Waals surface area contributed by atoms with Gasteiger partial charge >= 0.3 is 0 Å². The van der Waals surface area contributed by atoms with Crippen LogP contribution in [-0.2, 0) is 12.8 Å². The summed E-state index contributed by atoms with van der Waals surface area (Å²) in [6.07, 6.45) is 44.4. The van der Waals surface area contributed by atoms with E-state index in [2.05, 4.69) is 38.1 Å². The number of benzene rings is 2. The van der Waals surface area contributed by atoms with E-state index in [1.54, 1.807) is 0 Å². The van der Waals surface area contributed by atoms with Gasteiger partial charge < -0.3 is 0 Å². The zero-order chi connectivity index (χ0) is 34.2. The van der Waals surface area contributed by atoms with Gasteiger partial charge in [-0.25, -0.2) is 0 Å². The van der Waals surface area contributed by atoms with Gasteiger partial charge in [0.1, 0.15) is 0 Å². The van der Waals surface area contributed by atoms with Gasteiger partial charge in [-0.3, -0.25) is 4.79 Å². The molecule has 0 saturated carbocycles. The van der Waals surface area contributed by atoms with Gasteiger partial charge in [0.2, 0.25) is 0 Å². The highest BCUT2D eigenvalue weighted by Gasteiger charge is 2.09. The van der Waals surface area contributed by atoms with Crippen LogP contribution in [-0.4, -0.2) is 5.78 Å². The lowest BCUT2D eigenvalue weighted by molar-refractivity contribution is 0.103. The summed E-state index contributed by atoms with van der Waals surface area (Å²) < 4.78 is 0. The Hall–Kier alpha value is -1.89. The summed E-state index contributed by atoms with van der Waals surface area (Å²) in [4.78, 5) is 13.1. The maximum absolute atomic E-state index is 13.1. The third-order valence-electron chi connectivity index (χ3n) is 10.6. The third-order valence-corrected chi connectivity index (χ3v) is 10.6. The number of carbonyl (C=O) groups is 1.